The van der Waals surface area contributed by atoms with E-state index in [4.69, 9.17) is 10.5 Å². The molecule has 0 aromatic heterocycles. The van der Waals surface area contributed by atoms with Gasteiger partial charge in [-0.15, -0.1) is 0 Å². The predicted molar refractivity (Wildman–Crippen MR) is 98.3 cm³/mol. The second-order valence-corrected chi connectivity index (χ2v) is 7.05. The Morgan fingerprint density at radius 1 is 1.00 bits per heavy atom. The Hall–Kier alpha value is -1.80. The Morgan fingerprint density at radius 3 is 2.22 bits per heavy atom. The summed E-state index contributed by atoms with van der Waals surface area (Å²) < 4.78 is 5.77. The summed E-state index contributed by atoms with van der Waals surface area (Å²) >= 11 is 0. The van der Waals surface area contributed by atoms with Crippen LogP contribution in [0.1, 0.15) is 50.3 Å². The van der Waals surface area contributed by atoms with Crippen molar-refractivity contribution >= 4 is 0 Å². The minimum Gasteiger partial charge on any atom is -0.494 e. The molecule has 0 saturated heterocycles. The maximum absolute atomic E-state index is 6.06. The first-order valence-corrected chi connectivity index (χ1v) is 8.47. The van der Waals surface area contributed by atoms with Gasteiger partial charge in [0.05, 0.1) is 6.61 Å². The summed E-state index contributed by atoms with van der Waals surface area (Å²) in [6, 6.07) is 17.2. The van der Waals surface area contributed by atoms with E-state index in [0.717, 1.165) is 12.2 Å². The van der Waals surface area contributed by atoms with Crippen LogP contribution in [0.5, 0.6) is 5.75 Å². The van der Waals surface area contributed by atoms with Crippen molar-refractivity contribution in [2.75, 3.05) is 13.2 Å². The van der Waals surface area contributed by atoms with Gasteiger partial charge in [0.1, 0.15) is 5.75 Å². The van der Waals surface area contributed by atoms with Crippen molar-refractivity contribution in [3.05, 3.63) is 65.2 Å². The Kier molecular flexibility index (Phi) is 5.84. The molecule has 2 heteroatoms. The molecule has 0 heterocycles. The monoisotopic (exact) mass is 311 g/mol. The van der Waals surface area contributed by atoms with E-state index in [-0.39, 0.29) is 11.3 Å². The van der Waals surface area contributed by atoms with Crippen LogP contribution in [0.2, 0.25) is 0 Å². The highest BCUT2D eigenvalue weighted by Crippen LogP contribution is 2.29. The predicted octanol–water partition coefficient (Wildman–Crippen LogP) is 4.67. The van der Waals surface area contributed by atoms with Gasteiger partial charge in [-0.05, 0) is 48.1 Å². The summed E-state index contributed by atoms with van der Waals surface area (Å²) in [6.45, 7) is 10.0. The molecule has 2 aromatic carbocycles. The zero-order chi connectivity index (χ0) is 16.9. The lowest BCUT2D eigenvalue weighted by Gasteiger charge is -2.21. The molecule has 0 aliphatic heterocycles. The number of benzene rings is 2. The van der Waals surface area contributed by atoms with E-state index in [0.29, 0.717) is 13.2 Å². The van der Waals surface area contributed by atoms with Crippen molar-refractivity contribution in [1.29, 1.82) is 0 Å². The van der Waals surface area contributed by atoms with Crippen molar-refractivity contribution in [3.8, 4) is 5.75 Å². The molecule has 0 fully saturated rings. The fraction of sp³-hybridized carbons (Fsp3) is 0.429. The fourth-order valence-electron chi connectivity index (χ4n) is 2.85. The third kappa shape index (κ3) is 4.59. The molecule has 2 rings (SSSR count). The van der Waals surface area contributed by atoms with Gasteiger partial charge in [-0.25, -0.2) is 0 Å². The zero-order valence-corrected chi connectivity index (χ0v) is 14.8. The van der Waals surface area contributed by atoms with E-state index >= 15 is 0 Å². The van der Waals surface area contributed by atoms with Crippen LogP contribution in [0.15, 0.2) is 48.5 Å². The van der Waals surface area contributed by atoms with Crippen LogP contribution in [0, 0.1) is 0 Å². The number of para-hydroxylation sites is 1. The molecular weight excluding hydrogens is 282 g/mol. The molecule has 2 aromatic rings. The third-order valence-corrected chi connectivity index (χ3v) is 4.25. The van der Waals surface area contributed by atoms with Crippen LogP contribution in [0.25, 0.3) is 0 Å². The molecule has 0 saturated carbocycles. The highest BCUT2D eigenvalue weighted by Gasteiger charge is 2.17. The molecular formula is C21H29NO. The molecule has 1 unspecified atom stereocenters. The van der Waals surface area contributed by atoms with Crippen molar-refractivity contribution in [3.63, 3.8) is 0 Å². The average Bonchev–Trinajstić information content (AvgIpc) is 2.53. The van der Waals surface area contributed by atoms with E-state index in [2.05, 4.69) is 57.2 Å². The first-order valence-electron chi connectivity index (χ1n) is 8.47. The van der Waals surface area contributed by atoms with Crippen LogP contribution in [-0.4, -0.2) is 13.2 Å². The van der Waals surface area contributed by atoms with Crippen LogP contribution in [0.3, 0.4) is 0 Å². The third-order valence-electron chi connectivity index (χ3n) is 4.25. The van der Waals surface area contributed by atoms with Gasteiger partial charge in [0.25, 0.3) is 0 Å². The lowest BCUT2D eigenvalue weighted by Crippen LogP contribution is -2.16. The molecule has 23 heavy (non-hydrogen) atoms. The maximum atomic E-state index is 6.06. The van der Waals surface area contributed by atoms with E-state index in [1.165, 1.54) is 16.7 Å². The number of nitrogens with two attached hydrogens (primary N) is 1. The quantitative estimate of drug-likeness (QED) is 0.841. The Morgan fingerprint density at radius 2 is 1.65 bits per heavy atom. The van der Waals surface area contributed by atoms with E-state index < -0.39 is 0 Å². The smallest absolute Gasteiger partial charge is 0.122 e. The number of hydrogen-bond donors (Lipinski definition) is 1. The van der Waals surface area contributed by atoms with Crippen LogP contribution in [-0.2, 0) is 11.8 Å². The Bertz CT molecular complexity index is 610. The highest BCUT2D eigenvalue weighted by atomic mass is 16.5. The summed E-state index contributed by atoms with van der Waals surface area (Å²) in [5.74, 6) is 1.23. The van der Waals surface area contributed by atoms with Crippen molar-refractivity contribution in [1.82, 2.24) is 0 Å². The molecule has 0 spiro atoms. The highest BCUT2D eigenvalue weighted by molar-refractivity contribution is 5.38. The fourth-order valence-corrected chi connectivity index (χ4v) is 2.85. The Labute approximate surface area is 140 Å². The topological polar surface area (TPSA) is 35.2 Å². The van der Waals surface area contributed by atoms with Crippen molar-refractivity contribution < 1.29 is 4.74 Å². The van der Waals surface area contributed by atoms with Gasteiger partial charge in [0, 0.05) is 5.92 Å². The number of ether oxygens (including phenoxy) is 1. The van der Waals surface area contributed by atoms with Crippen LogP contribution >= 0.6 is 0 Å². The summed E-state index contributed by atoms with van der Waals surface area (Å²) in [4.78, 5) is 0. The van der Waals surface area contributed by atoms with Crippen LogP contribution < -0.4 is 10.5 Å². The van der Waals surface area contributed by atoms with Crippen LogP contribution in [0.4, 0.5) is 0 Å². The lowest BCUT2D eigenvalue weighted by molar-refractivity contribution is 0.334. The van der Waals surface area contributed by atoms with Gasteiger partial charge < -0.3 is 10.5 Å². The van der Waals surface area contributed by atoms with Gasteiger partial charge in [-0.1, -0.05) is 63.2 Å². The van der Waals surface area contributed by atoms with Gasteiger partial charge in [-0.3, -0.25) is 0 Å². The largest absolute Gasteiger partial charge is 0.494 e. The second kappa shape index (κ2) is 7.65. The standard InChI is InChI=1S/C21H29NO/c1-5-23-20-9-7-6-8-19(20)17(15-22)14-16-10-12-18(13-11-16)21(2,3)4/h6-13,17H,5,14-15,22H2,1-4H3. The summed E-state index contributed by atoms with van der Waals surface area (Å²) in [6.07, 6.45) is 0.936. The molecule has 0 aliphatic carbocycles. The molecule has 0 amide bonds. The number of rotatable bonds is 6. The number of hydrogen-bond acceptors (Lipinski definition) is 2. The summed E-state index contributed by atoms with van der Waals surface area (Å²) in [5.41, 5.74) is 10.1. The normalized spacial score (nSPS) is 12.9. The Balaban J connectivity index is 2.20. The minimum absolute atomic E-state index is 0.188. The van der Waals surface area contributed by atoms with E-state index in [9.17, 15) is 0 Å². The van der Waals surface area contributed by atoms with E-state index in [1.54, 1.807) is 0 Å². The first-order chi connectivity index (χ1) is 11.0. The van der Waals surface area contributed by atoms with Gasteiger partial charge in [-0.2, -0.15) is 0 Å². The SMILES string of the molecule is CCOc1ccccc1C(CN)Cc1ccc(C(C)(C)C)cc1. The second-order valence-electron chi connectivity index (χ2n) is 7.05. The summed E-state index contributed by atoms with van der Waals surface area (Å²) in [7, 11) is 0. The molecule has 1 atom stereocenters. The van der Waals surface area contributed by atoms with Crippen molar-refractivity contribution in [2.24, 2.45) is 5.73 Å². The van der Waals surface area contributed by atoms with Crippen molar-refractivity contribution in [2.45, 2.75) is 45.4 Å². The first kappa shape index (κ1) is 17.6. The summed E-state index contributed by atoms with van der Waals surface area (Å²) in [5, 5.41) is 0. The lowest BCUT2D eigenvalue weighted by atomic mass is 9.85. The molecule has 0 bridgehead atoms. The van der Waals surface area contributed by atoms with Gasteiger partial charge >= 0.3 is 0 Å². The molecule has 0 radical (unpaired) electrons. The average molecular weight is 311 g/mol. The maximum Gasteiger partial charge on any atom is 0.122 e. The van der Waals surface area contributed by atoms with Gasteiger partial charge in [0.15, 0.2) is 0 Å². The molecule has 124 valence electrons. The molecule has 0 aliphatic rings. The molecule has 2 nitrogen and oxygen atoms in total. The van der Waals surface area contributed by atoms with Gasteiger partial charge in [0.2, 0.25) is 0 Å². The molecule has 2 N–H and O–H groups in total. The zero-order valence-electron chi connectivity index (χ0n) is 14.8. The minimum atomic E-state index is 0.188. The van der Waals surface area contributed by atoms with E-state index in [1.807, 2.05) is 19.1 Å².